The molecule has 0 aliphatic carbocycles. The summed E-state index contributed by atoms with van der Waals surface area (Å²) >= 11 is 5.21. The van der Waals surface area contributed by atoms with Gasteiger partial charge in [-0.1, -0.05) is 19.1 Å². The van der Waals surface area contributed by atoms with Crippen LogP contribution in [0, 0.1) is 4.77 Å². The number of nitrogens with two attached hydrogens (primary N) is 1. The number of nitrogens with zero attached hydrogens (tertiary/aromatic N) is 1. The minimum absolute atomic E-state index is 0.115. The summed E-state index contributed by atoms with van der Waals surface area (Å²) in [5.41, 5.74) is 2.08. The van der Waals surface area contributed by atoms with Gasteiger partial charge in [-0.3, -0.25) is 0 Å². The Bertz CT molecular complexity index is 727. The number of nitrogens with one attached hydrogen (secondary N) is 1. The van der Waals surface area contributed by atoms with Gasteiger partial charge in [0, 0.05) is 11.9 Å². The SMILES string of the molecule is CCc1c[nH]c(=S)n1Cc1ccc(S(N)(=O)=O)cc1. The molecular formula is C12H15N3O2S2. The minimum atomic E-state index is -3.64. The Hall–Kier alpha value is -1.44. The number of aromatic nitrogens is 2. The van der Waals surface area contributed by atoms with Crippen molar-refractivity contribution in [2.45, 2.75) is 24.8 Å². The summed E-state index contributed by atoms with van der Waals surface area (Å²) in [7, 11) is -3.64. The summed E-state index contributed by atoms with van der Waals surface area (Å²) < 4.78 is 25.0. The highest BCUT2D eigenvalue weighted by Crippen LogP contribution is 2.12. The average molecular weight is 297 g/mol. The van der Waals surface area contributed by atoms with Crippen LogP contribution in [0.25, 0.3) is 0 Å². The van der Waals surface area contributed by atoms with Crippen molar-refractivity contribution in [3.8, 4) is 0 Å². The quantitative estimate of drug-likeness (QED) is 0.844. The third kappa shape index (κ3) is 3.12. The predicted molar refractivity (Wildman–Crippen MR) is 75.9 cm³/mol. The van der Waals surface area contributed by atoms with Crippen LogP contribution in [-0.4, -0.2) is 18.0 Å². The van der Waals surface area contributed by atoms with Gasteiger partial charge in [0.25, 0.3) is 0 Å². The van der Waals surface area contributed by atoms with Crippen LogP contribution >= 0.6 is 12.2 Å². The highest BCUT2D eigenvalue weighted by molar-refractivity contribution is 7.89. The third-order valence-electron chi connectivity index (χ3n) is 2.91. The van der Waals surface area contributed by atoms with Gasteiger partial charge >= 0.3 is 0 Å². The van der Waals surface area contributed by atoms with Crippen molar-refractivity contribution in [1.82, 2.24) is 9.55 Å². The molecule has 3 N–H and O–H groups in total. The van der Waals surface area contributed by atoms with Gasteiger partial charge in [-0.25, -0.2) is 13.6 Å². The molecule has 0 aliphatic rings. The standard InChI is InChI=1S/C12H15N3O2S2/c1-2-10-7-14-12(18)15(10)8-9-3-5-11(6-4-9)19(13,16)17/h3-7H,2,8H2,1H3,(H,14,18)(H2,13,16,17). The van der Waals surface area contributed by atoms with Crippen LogP contribution in [0.5, 0.6) is 0 Å². The zero-order chi connectivity index (χ0) is 14.0. The fourth-order valence-corrected chi connectivity index (χ4v) is 2.62. The highest BCUT2D eigenvalue weighted by Gasteiger charge is 2.08. The predicted octanol–water partition coefficient (Wildman–Crippen LogP) is 1.80. The molecular weight excluding hydrogens is 282 g/mol. The molecule has 0 spiro atoms. The molecule has 0 radical (unpaired) electrons. The van der Waals surface area contributed by atoms with Crippen molar-refractivity contribution in [1.29, 1.82) is 0 Å². The molecule has 2 aromatic rings. The zero-order valence-electron chi connectivity index (χ0n) is 10.5. The average Bonchev–Trinajstić information content (AvgIpc) is 2.70. The molecule has 0 aliphatic heterocycles. The number of rotatable bonds is 4. The number of aryl methyl sites for hydroxylation is 1. The lowest BCUT2D eigenvalue weighted by molar-refractivity contribution is 0.597. The van der Waals surface area contributed by atoms with E-state index in [1.54, 1.807) is 12.1 Å². The second-order valence-electron chi connectivity index (χ2n) is 4.21. The van der Waals surface area contributed by atoms with E-state index in [0.29, 0.717) is 11.3 Å². The zero-order valence-corrected chi connectivity index (χ0v) is 12.1. The van der Waals surface area contributed by atoms with Crippen LogP contribution in [-0.2, 0) is 23.0 Å². The first kappa shape index (κ1) is 14.0. The summed E-state index contributed by atoms with van der Waals surface area (Å²) in [4.78, 5) is 3.12. The van der Waals surface area contributed by atoms with Crippen LogP contribution < -0.4 is 5.14 Å². The number of hydrogen-bond donors (Lipinski definition) is 2. The first-order valence-corrected chi connectivity index (χ1v) is 7.76. The number of hydrogen-bond acceptors (Lipinski definition) is 3. The molecule has 0 unspecified atom stereocenters. The van der Waals surface area contributed by atoms with Gasteiger partial charge in [0.05, 0.1) is 11.4 Å². The van der Waals surface area contributed by atoms with Crippen molar-refractivity contribution in [3.05, 3.63) is 46.5 Å². The smallest absolute Gasteiger partial charge is 0.238 e. The van der Waals surface area contributed by atoms with E-state index in [4.69, 9.17) is 17.4 Å². The maximum Gasteiger partial charge on any atom is 0.238 e. The summed E-state index contributed by atoms with van der Waals surface area (Å²) in [5.74, 6) is 0. The van der Waals surface area contributed by atoms with Gasteiger partial charge in [-0.15, -0.1) is 0 Å². The lowest BCUT2D eigenvalue weighted by atomic mass is 10.2. The fourth-order valence-electron chi connectivity index (χ4n) is 1.86. The van der Waals surface area contributed by atoms with E-state index in [2.05, 4.69) is 11.9 Å². The maximum atomic E-state index is 11.2. The number of imidazole rings is 1. The number of aromatic amines is 1. The minimum Gasteiger partial charge on any atom is -0.337 e. The molecule has 19 heavy (non-hydrogen) atoms. The van der Waals surface area contributed by atoms with E-state index in [9.17, 15) is 8.42 Å². The number of primary sulfonamides is 1. The normalized spacial score (nSPS) is 11.7. The molecule has 0 atom stereocenters. The lowest BCUT2D eigenvalue weighted by Crippen LogP contribution is -2.12. The Kier molecular flexibility index (Phi) is 3.88. The van der Waals surface area contributed by atoms with E-state index < -0.39 is 10.0 Å². The van der Waals surface area contributed by atoms with Gasteiger partial charge in [0.1, 0.15) is 0 Å². The first-order chi connectivity index (χ1) is 8.91. The summed E-state index contributed by atoms with van der Waals surface area (Å²) in [6.45, 7) is 2.66. The van der Waals surface area contributed by atoms with Crippen LogP contribution in [0.15, 0.2) is 35.4 Å². The number of benzene rings is 1. The largest absolute Gasteiger partial charge is 0.337 e. The van der Waals surface area contributed by atoms with E-state index in [0.717, 1.165) is 17.7 Å². The van der Waals surface area contributed by atoms with Crippen LogP contribution in [0.2, 0.25) is 0 Å². The second-order valence-corrected chi connectivity index (χ2v) is 6.16. The van der Waals surface area contributed by atoms with Crippen LogP contribution in [0.3, 0.4) is 0 Å². The molecule has 7 heteroatoms. The first-order valence-electron chi connectivity index (χ1n) is 5.80. The van der Waals surface area contributed by atoms with E-state index in [1.165, 1.54) is 12.1 Å². The van der Waals surface area contributed by atoms with Crippen molar-refractivity contribution >= 4 is 22.2 Å². The molecule has 0 bridgehead atoms. The van der Waals surface area contributed by atoms with Gasteiger partial charge in [-0.05, 0) is 36.3 Å². The van der Waals surface area contributed by atoms with Gasteiger partial charge in [0.15, 0.2) is 4.77 Å². The molecule has 0 saturated heterocycles. The van der Waals surface area contributed by atoms with Gasteiger partial charge < -0.3 is 9.55 Å². The van der Waals surface area contributed by atoms with Crippen molar-refractivity contribution in [2.24, 2.45) is 5.14 Å². The highest BCUT2D eigenvalue weighted by atomic mass is 32.2. The molecule has 0 fully saturated rings. The Morgan fingerprint density at radius 2 is 1.95 bits per heavy atom. The molecule has 0 saturated carbocycles. The number of H-pyrrole nitrogens is 1. The Balaban J connectivity index is 2.30. The molecule has 2 rings (SSSR count). The van der Waals surface area contributed by atoms with E-state index in [-0.39, 0.29) is 4.90 Å². The van der Waals surface area contributed by atoms with Gasteiger partial charge in [-0.2, -0.15) is 0 Å². The Morgan fingerprint density at radius 1 is 1.32 bits per heavy atom. The molecule has 0 amide bonds. The van der Waals surface area contributed by atoms with Crippen LogP contribution in [0.1, 0.15) is 18.2 Å². The maximum absolute atomic E-state index is 11.2. The molecule has 5 nitrogen and oxygen atoms in total. The summed E-state index contributed by atoms with van der Waals surface area (Å²) in [6, 6.07) is 6.50. The lowest BCUT2D eigenvalue weighted by Gasteiger charge is -2.07. The number of sulfonamides is 1. The monoisotopic (exact) mass is 297 g/mol. The Morgan fingerprint density at radius 3 is 2.47 bits per heavy atom. The van der Waals surface area contributed by atoms with Crippen molar-refractivity contribution in [2.75, 3.05) is 0 Å². The molecule has 1 heterocycles. The van der Waals surface area contributed by atoms with Gasteiger partial charge in [0.2, 0.25) is 10.0 Å². The summed E-state index contributed by atoms with van der Waals surface area (Å²) in [5, 5.41) is 5.06. The topological polar surface area (TPSA) is 80.9 Å². The van der Waals surface area contributed by atoms with Crippen LogP contribution in [0.4, 0.5) is 0 Å². The van der Waals surface area contributed by atoms with E-state index >= 15 is 0 Å². The Labute approximate surface area is 117 Å². The fraction of sp³-hybridized carbons (Fsp3) is 0.250. The molecule has 1 aromatic carbocycles. The summed E-state index contributed by atoms with van der Waals surface area (Å²) in [6.07, 6.45) is 2.77. The van der Waals surface area contributed by atoms with Crippen molar-refractivity contribution in [3.63, 3.8) is 0 Å². The van der Waals surface area contributed by atoms with Crippen molar-refractivity contribution < 1.29 is 8.42 Å². The second kappa shape index (κ2) is 5.28. The molecule has 102 valence electrons. The van der Waals surface area contributed by atoms with E-state index in [1.807, 2.05) is 10.8 Å². The third-order valence-corrected chi connectivity index (χ3v) is 4.18. The molecule has 1 aromatic heterocycles.